The molecular formula is C27H30N4O3. The number of nitrogens with zero attached hydrogens (tertiary/aromatic N) is 2. The summed E-state index contributed by atoms with van der Waals surface area (Å²) in [5.41, 5.74) is 4.12. The number of hydrogen-bond donors (Lipinski definition) is 2. The minimum Gasteiger partial charge on any atom is -0.445 e. The summed E-state index contributed by atoms with van der Waals surface area (Å²) in [4.78, 5) is 31.3. The van der Waals surface area contributed by atoms with Gasteiger partial charge in [0.15, 0.2) is 0 Å². The summed E-state index contributed by atoms with van der Waals surface area (Å²) in [5.74, 6) is -0.121. The maximum Gasteiger partial charge on any atom is 0.407 e. The largest absolute Gasteiger partial charge is 0.445 e. The van der Waals surface area contributed by atoms with Crippen LogP contribution >= 0.6 is 0 Å². The summed E-state index contributed by atoms with van der Waals surface area (Å²) >= 11 is 0. The van der Waals surface area contributed by atoms with E-state index >= 15 is 0 Å². The number of ether oxygens (including phenoxy) is 1. The lowest BCUT2D eigenvalue weighted by Crippen LogP contribution is -2.27. The number of benzene rings is 2. The second kappa shape index (κ2) is 11.8. The molecule has 0 atom stereocenters. The SMILES string of the molecule is O=C(NCc1ccc(NC(=O)c2ccccc2N2CCCCCC2)cc1)OCc1cccnc1. The Morgan fingerprint density at radius 3 is 2.38 bits per heavy atom. The van der Waals surface area contributed by atoms with Crippen LogP contribution in [-0.4, -0.2) is 30.1 Å². The predicted octanol–water partition coefficient (Wildman–Crippen LogP) is 5.14. The number of rotatable bonds is 7. The maximum absolute atomic E-state index is 13.0. The summed E-state index contributed by atoms with van der Waals surface area (Å²) in [7, 11) is 0. The van der Waals surface area contributed by atoms with Crippen LogP contribution in [0.1, 0.15) is 47.2 Å². The molecule has 2 N–H and O–H groups in total. The highest BCUT2D eigenvalue weighted by atomic mass is 16.5. The number of aromatic nitrogens is 1. The number of pyridine rings is 1. The fourth-order valence-electron chi connectivity index (χ4n) is 4.01. The van der Waals surface area contributed by atoms with E-state index in [0.29, 0.717) is 17.8 Å². The molecule has 7 nitrogen and oxygen atoms in total. The smallest absolute Gasteiger partial charge is 0.407 e. The normalized spacial score (nSPS) is 13.6. The fraction of sp³-hybridized carbons (Fsp3) is 0.296. The van der Waals surface area contributed by atoms with E-state index in [0.717, 1.165) is 42.7 Å². The van der Waals surface area contributed by atoms with Crippen LogP contribution in [0.2, 0.25) is 0 Å². The van der Waals surface area contributed by atoms with Crippen molar-refractivity contribution >= 4 is 23.4 Å². The standard InChI is InChI=1S/C27H30N4O3/c32-26(24-9-3-4-10-25(24)31-16-5-1-2-6-17-31)30-23-13-11-21(12-14-23)19-29-27(33)34-20-22-8-7-15-28-18-22/h3-4,7-15,18H,1-2,5-6,16-17,19-20H2,(H,29,33)(H,30,32). The predicted molar refractivity (Wildman–Crippen MR) is 133 cm³/mol. The molecule has 0 bridgehead atoms. The first-order valence-electron chi connectivity index (χ1n) is 11.7. The van der Waals surface area contributed by atoms with E-state index in [1.165, 1.54) is 12.8 Å². The van der Waals surface area contributed by atoms with E-state index in [2.05, 4.69) is 20.5 Å². The van der Waals surface area contributed by atoms with Crippen molar-refractivity contribution in [3.8, 4) is 0 Å². The van der Waals surface area contributed by atoms with Gasteiger partial charge in [0, 0.05) is 49.0 Å². The highest BCUT2D eigenvalue weighted by Crippen LogP contribution is 2.25. The molecule has 1 aliphatic rings. The zero-order valence-electron chi connectivity index (χ0n) is 19.2. The van der Waals surface area contributed by atoms with Crippen molar-refractivity contribution in [3.63, 3.8) is 0 Å². The molecule has 176 valence electrons. The Balaban J connectivity index is 1.30. The van der Waals surface area contributed by atoms with E-state index in [-0.39, 0.29) is 12.5 Å². The van der Waals surface area contributed by atoms with Crippen LogP contribution < -0.4 is 15.5 Å². The Morgan fingerprint density at radius 2 is 1.65 bits per heavy atom. The Morgan fingerprint density at radius 1 is 0.882 bits per heavy atom. The summed E-state index contributed by atoms with van der Waals surface area (Å²) in [6.45, 7) is 2.47. The van der Waals surface area contributed by atoms with E-state index in [9.17, 15) is 9.59 Å². The van der Waals surface area contributed by atoms with Crippen molar-refractivity contribution in [1.82, 2.24) is 10.3 Å². The second-order valence-electron chi connectivity index (χ2n) is 8.36. The number of carbonyl (C=O) groups excluding carboxylic acids is 2. The van der Waals surface area contributed by atoms with Gasteiger partial charge >= 0.3 is 6.09 Å². The van der Waals surface area contributed by atoms with Crippen LogP contribution in [0.4, 0.5) is 16.2 Å². The first-order chi connectivity index (χ1) is 16.7. The molecule has 2 heterocycles. The molecular weight excluding hydrogens is 428 g/mol. The third kappa shape index (κ3) is 6.57. The van der Waals surface area contributed by atoms with Crippen molar-refractivity contribution in [1.29, 1.82) is 0 Å². The summed E-state index contributed by atoms with van der Waals surface area (Å²) < 4.78 is 5.19. The first kappa shape index (κ1) is 23.3. The van der Waals surface area contributed by atoms with Crippen molar-refractivity contribution < 1.29 is 14.3 Å². The molecule has 0 aliphatic carbocycles. The van der Waals surface area contributed by atoms with E-state index in [4.69, 9.17) is 4.74 Å². The maximum atomic E-state index is 13.0. The number of carbonyl (C=O) groups is 2. The van der Waals surface area contributed by atoms with Gasteiger partial charge in [-0.15, -0.1) is 0 Å². The van der Waals surface area contributed by atoms with Crippen LogP contribution in [0.15, 0.2) is 73.1 Å². The molecule has 0 radical (unpaired) electrons. The lowest BCUT2D eigenvalue weighted by Gasteiger charge is -2.25. The summed E-state index contributed by atoms with van der Waals surface area (Å²) in [6, 6.07) is 18.9. The average molecular weight is 459 g/mol. The lowest BCUT2D eigenvalue weighted by molar-refractivity contribution is 0.102. The first-order valence-corrected chi connectivity index (χ1v) is 11.7. The highest BCUT2D eigenvalue weighted by molar-refractivity contribution is 6.08. The van der Waals surface area contributed by atoms with E-state index < -0.39 is 6.09 Å². The second-order valence-corrected chi connectivity index (χ2v) is 8.36. The van der Waals surface area contributed by atoms with Crippen molar-refractivity contribution in [2.24, 2.45) is 0 Å². The summed E-state index contributed by atoms with van der Waals surface area (Å²) in [6.07, 6.45) is 7.64. The molecule has 1 aromatic heterocycles. The number of hydrogen-bond acceptors (Lipinski definition) is 5. The molecule has 0 spiro atoms. The zero-order valence-corrected chi connectivity index (χ0v) is 19.2. The van der Waals surface area contributed by atoms with Crippen LogP contribution in [0, 0.1) is 0 Å². The van der Waals surface area contributed by atoms with Crippen LogP contribution in [-0.2, 0) is 17.9 Å². The third-order valence-electron chi connectivity index (χ3n) is 5.84. The van der Waals surface area contributed by atoms with E-state index in [1.54, 1.807) is 18.5 Å². The Labute approximate surface area is 200 Å². The minimum absolute atomic E-state index is 0.121. The quantitative estimate of drug-likeness (QED) is 0.512. The van der Waals surface area contributed by atoms with Crippen molar-refractivity contribution in [2.75, 3.05) is 23.3 Å². The van der Waals surface area contributed by atoms with Crippen molar-refractivity contribution in [2.45, 2.75) is 38.8 Å². The molecule has 7 heteroatoms. The monoisotopic (exact) mass is 458 g/mol. The van der Waals surface area contributed by atoms with Gasteiger partial charge < -0.3 is 20.3 Å². The summed E-state index contributed by atoms with van der Waals surface area (Å²) in [5, 5.41) is 5.73. The number of anilines is 2. The van der Waals surface area contributed by atoms with Crippen LogP contribution in [0.5, 0.6) is 0 Å². The minimum atomic E-state index is -0.494. The zero-order chi connectivity index (χ0) is 23.6. The van der Waals surface area contributed by atoms with Gasteiger partial charge in [-0.3, -0.25) is 9.78 Å². The molecule has 34 heavy (non-hydrogen) atoms. The number of alkyl carbamates (subject to hydrolysis) is 1. The molecule has 2 amide bonds. The van der Waals surface area contributed by atoms with Gasteiger partial charge in [-0.1, -0.05) is 43.2 Å². The molecule has 3 aromatic rings. The topological polar surface area (TPSA) is 83.6 Å². The molecule has 0 unspecified atom stereocenters. The van der Waals surface area contributed by atoms with Crippen LogP contribution in [0.3, 0.4) is 0 Å². The average Bonchev–Trinajstić information content (AvgIpc) is 3.17. The fourth-order valence-corrected chi connectivity index (χ4v) is 4.01. The van der Waals surface area contributed by atoms with Gasteiger partial charge in [0.05, 0.1) is 5.56 Å². The van der Waals surface area contributed by atoms with Gasteiger partial charge in [0.25, 0.3) is 5.91 Å². The molecule has 1 aliphatic heterocycles. The van der Waals surface area contributed by atoms with Gasteiger partial charge in [0.2, 0.25) is 0 Å². The number of nitrogens with one attached hydrogen (secondary N) is 2. The molecule has 1 saturated heterocycles. The van der Waals surface area contributed by atoms with E-state index in [1.807, 2.05) is 54.6 Å². The molecule has 2 aromatic carbocycles. The molecule has 4 rings (SSSR count). The van der Waals surface area contributed by atoms with Crippen molar-refractivity contribution in [3.05, 3.63) is 89.7 Å². The number of para-hydroxylation sites is 1. The molecule has 0 saturated carbocycles. The Kier molecular flexibility index (Phi) is 8.11. The van der Waals surface area contributed by atoms with Crippen LogP contribution in [0.25, 0.3) is 0 Å². The third-order valence-corrected chi connectivity index (χ3v) is 5.84. The lowest BCUT2D eigenvalue weighted by atomic mass is 10.1. The van der Waals surface area contributed by atoms with Gasteiger partial charge in [-0.25, -0.2) is 4.79 Å². The Hall–Kier alpha value is -3.87. The number of amides is 2. The Bertz CT molecular complexity index is 1080. The molecule has 1 fully saturated rings. The van der Waals surface area contributed by atoms with Gasteiger partial charge in [0.1, 0.15) is 6.61 Å². The van der Waals surface area contributed by atoms with Gasteiger partial charge in [-0.2, -0.15) is 0 Å². The highest BCUT2D eigenvalue weighted by Gasteiger charge is 2.17. The van der Waals surface area contributed by atoms with Gasteiger partial charge in [-0.05, 0) is 48.7 Å².